The monoisotopic (exact) mass is 308 g/mol. The predicted octanol–water partition coefficient (Wildman–Crippen LogP) is 2.14. The molecule has 116 valence electrons. The van der Waals surface area contributed by atoms with Gasteiger partial charge in [-0.05, 0) is 24.8 Å². The van der Waals surface area contributed by atoms with Gasteiger partial charge in [0.15, 0.2) is 0 Å². The van der Waals surface area contributed by atoms with E-state index in [1.807, 2.05) is 24.3 Å². The van der Waals surface area contributed by atoms with Crippen LogP contribution in [0.4, 0.5) is 0 Å². The van der Waals surface area contributed by atoms with Crippen molar-refractivity contribution < 1.29 is 4.52 Å². The molecule has 0 amide bonds. The van der Waals surface area contributed by atoms with Gasteiger partial charge in [-0.2, -0.15) is 4.98 Å². The fourth-order valence-corrected chi connectivity index (χ4v) is 2.95. The van der Waals surface area contributed by atoms with Gasteiger partial charge in [0.2, 0.25) is 11.7 Å². The average Bonchev–Trinajstić information content (AvgIpc) is 3.20. The number of aryl methyl sites for hydroxylation is 2. The largest absolute Gasteiger partial charge is 0.339 e. The number of nitrogens with zero attached hydrogens (tertiary/aromatic N) is 4. The maximum Gasteiger partial charge on any atom is 0.257 e. The predicted molar refractivity (Wildman–Crippen MR) is 84.1 cm³/mol. The molecular formula is C17H16N4O2. The zero-order valence-electron chi connectivity index (χ0n) is 12.8. The Kier molecular flexibility index (Phi) is 3.29. The molecule has 23 heavy (non-hydrogen) atoms. The summed E-state index contributed by atoms with van der Waals surface area (Å²) in [7, 11) is 0. The van der Waals surface area contributed by atoms with E-state index in [1.165, 1.54) is 0 Å². The standard InChI is InChI=1S/C17H16N4O2/c1-11-19-16(20-23-11)13-7-5-12(6-8-13)9-21-10-18-15-4-2-3-14(15)17(21)22/h5-8,10H,2-4,9H2,1H3. The van der Waals surface area contributed by atoms with Crippen molar-refractivity contribution in [2.45, 2.75) is 32.7 Å². The average molecular weight is 308 g/mol. The van der Waals surface area contributed by atoms with Crippen molar-refractivity contribution in [3.8, 4) is 11.4 Å². The Morgan fingerprint density at radius 1 is 1.22 bits per heavy atom. The van der Waals surface area contributed by atoms with E-state index in [9.17, 15) is 4.79 Å². The van der Waals surface area contributed by atoms with Gasteiger partial charge in [-0.1, -0.05) is 29.4 Å². The lowest BCUT2D eigenvalue weighted by Gasteiger charge is -2.08. The van der Waals surface area contributed by atoms with Crippen LogP contribution < -0.4 is 5.56 Å². The van der Waals surface area contributed by atoms with Gasteiger partial charge in [-0.3, -0.25) is 9.36 Å². The second-order valence-corrected chi connectivity index (χ2v) is 5.79. The maximum absolute atomic E-state index is 12.4. The first-order chi connectivity index (χ1) is 11.2. The zero-order chi connectivity index (χ0) is 15.8. The molecule has 0 unspecified atom stereocenters. The Bertz CT molecular complexity index is 909. The minimum atomic E-state index is 0.0883. The second-order valence-electron chi connectivity index (χ2n) is 5.79. The number of benzene rings is 1. The molecule has 0 spiro atoms. The van der Waals surface area contributed by atoms with Crippen LogP contribution >= 0.6 is 0 Å². The molecule has 6 heteroatoms. The van der Waals surface area contributed by atoms with Crippen molar-refractivity contribution in [2.24, 2.45) is 0 Å². The molecule has 0 N–H and O–H groups in total. The van der Waals surface area contributed by atoms with E-state index in [-0.39, 0.29) is 5.56 Å². The van der Waals surface area contributed by atoms with Crippen LogP contribution in [0.15, 0.2) is 39.9 Å². The lowest BCUT2D eigenvalue weighted by molar-refractivity contribution is 0.394. The van der Waals surface area contributed by atoms with E-state index in [2.05, 4.69) is 15.1 Å². The summed E-state index contributed by atoms with van der Waals surface area (Å²) in [5, 5.41) is 3.90. The Balaban J connectivity index is 1.59. The molecule has 1 aromatic carbocycles. The summed E-state index contributed by atoms with van der Waals surface area (Å²) in [6.45, 7) is 2.28. The summed E-state index contributed by atoms with van der Waals surface area (Å²) >= 11 is 0. The molecule has 0 radical (unpaired) electrons. The first-order valence-corrected chi connectivity index (χ1v) is 7.67. The summed E-state index contributed by atoms with van der Waals surface area (Å²) < 4.78 is 6.67. The van der Waals surface area contributed by atoms with E-state index in [0.717, 1.165) is 41.6 Å². The van der Waals surface area contributed by atoms with Crippen LogP contribution in [0.2, 0.25) is 0 Å². The molecule has 6 nitrogen and oxygen atoms in total. The molecule has 0 saturated carbocycles. The van der Waals surface area contributed by atoms with Crippen LogP contribution in [-0.4, -0.2) is 19.7 Å². The lowest BCUT2D eigenvalue weighted by Crippen LogP contribution is -2.24. The molecule has 4 rings (SSSR count). The van der Waals surface area contributed by atoms with Gasteiger partial charge >= 0.3 is 0 Å². The third-order valence-corrected chi connectivity index (χ3v) is 4.15. The van der Waals surface area contributed by atoms with E-state index in [0.29, 0.717) is 18.3 Å². The topological polar surface area (TPSA) is 73.8 Å². The molecule has 0 bridgehead atoms. The highest BCUT2D eigenvalue weighted by Crippen LogP contribution is 2.18. The fraction of sp³-hybridized carbons (Fsp3) is 0.294. The third-order valence-electron chi connectivity index (χ3n) is 4.15. The molecule has 3 aromatic rings. The van der Waals surface area contributed by atoms with Gasteiger partial charge in [-0.15, -0.1) is 0 Å². The lowest BCUT2D eigenvalue weighted by atomic mass is 10.1. The van der Waals surface area contributed by atoms with Gasteiger partial charge in [0.05, 0.1) is 18.6 Å². The van der Waals surface area contributed by atoms with Crippen LogP contribution in [0.1, 0.15) is 29.1 Å². The van der Waals surface area contributed by atoms with Gasteiger partial charge in [-0.25, -0.2) is 4.98 Å². The van der Waals surface area contributed by atoms with Crippen molar-refractivity contribution in [1.29, 1.82) is 0 Å². The van der Waals surface area contributed by atoms with Crippen molar-refractivity contribution >= 4 is 0 Å². The van der Waals surface area contributed by atoms with Crippen LogP contribution in [0.3, 0.4) is 0 Å². The fourth-order valence-electron chi connectivity index (χ4n) is 2.95. The van der Waals surface area contributed by atoms with E-state index in [4.69, 9.17) is 4.52 Å². The zero-order valence-corrected chi connectivity index (χ0v) is 12.8. The highest BCUT2D eigenvalue weighted by atomic mass is 16.5. The van der Waals surface area contributed by atoms with Crippen LogP contribution in [0.25, 0.3) is 11.4 Å². The third kappa shape index (κ3) is 2.56. The molecule has 0 saturated heterocycles. The molecule has 2 aromatic heterocycles. The molecule has 1 aliphatic rings. The van der Waals surface area contributed by atoms with Crippen LogP contribution in [-0.2, 0) is 19.4 Å². The van der Waals surface area contributed by atoms with Gasteiger partial charge in [0, 0.05) is 18.1 Å². The Hall–Kier alpha value is -2.76. The van der Waals surface area contributed by atoms with Crippen molar-refractivity contribution in [3.05, 3.63) is 63.7 Å². The number of rotatable bonds is 3. The number of hydrogen-bond acceptors (Lipinski definition) is 5. The van der Waals surface area contributed by atoms with Crippen molar-refractivity contribution in [2.75, 3.05) is 0 Å². The van der Waals surface area contributed by atoms with Crippen LogP contribution in [0, 0.1) is 6.92 Å². The highest BCUT2D eigenvalue weighted by molar-refractivity contribution is 5.54. The summed E-state index contributed by atoms with van der Waals surface area (Å²) in [4.78, 5) is 21.1. The van der Waals surface area contributed by atoms with E-state index < -0.39 is 0 Å². The molecule has 0 fully saturated rings. The van der Waals surface area contributed by atoms with Crippen molar-refractivity contribution in [3.63, 3.8) is 0 Å². The smallest absolute Gasteiger partial charge is 0.257 e. The Labute approximate surface area is 132 Å². The SMILES string of the molecule is Cc1nc(-c2ccc(Cn3cnc4c(c3=O)CCC4)cc2)no1. The molecule has 0 atom stereocenters. The quantitative estimate of drug-likeness (QED) is 0.741. The van der Waals surface area contributed by atoms with Gasteiger partial charge < -0.3 is 4.52 Å². The minimum Gasteiger partial charge on any atom is -0.339 e. The Morgan fingerprint density at radius 2 is 2.04 bits per heavy atom. The number of aromatic nitrogens is 4. The van der Waals surface area contributed by atoms with Crippen LogP contribution in [0.5, 0.6) is 0 Å². The highest BCUT2D eigenvalue weighted by Gasteiger charge is 2.17. The first kappa shape index (κ1) is 13.9. The normalized spacial score (nSPS) is 13.3. The molecule has 1 aliphatic carbocycles. The first-order valence-electron chi connectivity index (χ1n) is 7.67. The summed E-state index contributed by atoms with van der Waals surface area (Å²) in [5.41, 5.74) is 3.87. The van der Waals surface area contributed by atoms with E-state index >= 15 is 0 Å². The van der Waals surface area contributed by atoms with Gasteiger partial charge in [0.25, 0.3) is 5.56 Å². The molecular weight excluding hydrogens is 292 g/mol. The Morgan fingerprint density at radius 3 is 2.78 bits per heavy atom. The molecule has 0 aliphatic heterocycles. The summed E-state index contributed by atoms with van der Waals surface area (Å²) in [6, 6.07) is 7.82. The maximum atomic E-state index is 12.4. The second kappa shape index (κ2) is 5.46. The van der Waals surface area contributed by atoms with Gasteiger partial charge in [0.1, 0.15) is 0 Å². The van der Waals surface area contributed by atoms with Crippen molar-refractivity contribution in [1.82, 2.24) is 19.7 Å². The number of fused-ring (bicyclic) bond motifs is 1. The number of hydrogen-bond donors (Lipinski definition) is 0. The summed E-state index contributed by atoms with van der Waals surface area (Å²) in [5.74, 6) is 1.12. The summed E-state index contributed by atoms with van der Waals surface area (Å²) in [6.07, 6.45) is 4.45. The van der Waals surface area contributed by atoms with E-state index in [1.54, 1.807) is 17.8 Å². The minimum absolute atomic E-state index is 0.0883. The molecule has 2 heterocycles.